The highest BCUT2D eigenvalue weighted by atomic mass is 16.4. The van der Waals surface area contributed by atoms with Gasteiger partial charge in [0.05, 0.1) is 0 Å². The first-order valence-electron chi connectivity index (χ1n) is 6.63. The third-order valence-corrected chi connectivity index (χ3v) is 3.69. The Morgan fingerprint density at radius 2 is 2.26 bits per heavy atom. The topological polar surface area (TPSA) is 59.5 Å². The summed E-state index contributed by atoms with van der Waals surface area (Å²) in [6.07, 6.45) is 1.03. The van der Waals surface area contributed by atoms with Gasteiger partial charge in [0.15, 0.2) is 0 Å². The molecule has 2 N–H and O–H groups in total. The molecule has 1 aromatic carbocycles. The number of aryl methyl sites for hydroxylation is 1. The smallest absolute Gasteiger partial charge is 0.336 e. The molecule has 0 bridgehead atoms. The van der Waals surface area contributed by atoms with Crippen molar-refractivity contribution in [3.8, 4) is 0 Å². The highest BCUT2D eigenvalue weighted by molar-refractivity contribution is 5.80. The first-order chi connectivity index (χ1) is 9.11. The van der Waals surface area contributed by atoms with Gasteiger partial charge in [-0.25, -0.2) is 4.79 Å². The van der Waals surface area contributed by atoms with Crippen LogP contribution in [-0.4, -0.2) is 24.0 Å². The van der Waals surface area contributed by atoms with Crippen LogP contribution >= 0.6 is 0 Å². The summed E-state index contributed by atoms with van der Waals surface area (Å²) in [6.45, 7) is 4.65. The minimum Gasteiger partial charge on any atom is -0.423 e. The minimum atomic E-state index is -0.281. The first kappa shape index (κ1) is 12.4. The summed E-state index contributed by atoms with van der Waals surface area (Å²) in [7, 11) is 0. The van der Waals surface area contributed by atoms with Crippen molar-refractivity contribution in [2.75, 3.05) is 13.1 Å². The van der Waals surface area contributed by atoms with E-state index in [2.05, 4.69) is 4.90 Å². The number of nitrogens with two attached hydrogens (primary N) is 1. The van der Waals surface area contributed by atoms with Gasteiger partial charge in [-0.15, -0.1) is 0 Å². The maximum atomic E-state index is 11.6. The molecule has 1 saturated heterocycles. The fourth-order valence-electron chi connectivity index (χ4n) is 2.72. The van der Waals surface area contributed by atoms with Crippen LogP contribution in [0.15, 0.2) is 33.5 Å². The van der Waals surface area contributed by atoms with E-state index in [-0.39, 0.29) is 11.7 Å². The number of hydrogen-bond donors (Lipinski definition) is 1. The van der Waals surface area contributed by atoms with E-state index in [1.165, 1.54) is 0 Å². The Balaban J connectivity index is 2.00. The number of hydrogen-bond acceptors (Lipinski definition) is 4. The second-order valence-corrected chi connectivity index (χ2v) is 5.37. The number of likely N-dealkylation sites (tertiary alicyclic amines) is 1. The van der Waals surface area contributed by atoms with E-state index in [1.54, 1.807) is 6.07 Å². The van der Waals surface area contributed by atoms with Crippen LogP contribution in [0.3, 0.4) is 0 Å². The lowest BCUT2D eigenvalue weighted by atomic mass is 10.1. The lowest BCUT2D eigenvalue weighted by Gasteiger charge is -2.16. The molecule has 0 unspecified atom stereocenters. The average Bonchev–Trinajstić information content (AvgIpc) is 2.74. The van der Waals surface area contributed by atoms with Crippen molar-refractivity contribution in [2.24, 2.45) is 5.73 Å². The van der Waals surface area contributed by atoms with E-state index >= 15 is 0 Å². The summed E-state index contributed by atoms with van der Waals surface area (Å²) >= 11 is 0. The SMILES string of the molecule is Cc1ccc2c(CN3CC[C@H](N)C3)cc(=O)oc2c1. The molecular formula is C15H18N2O2. The van der Waals surface area contributed by atoms with Crippen molar-refractivity contribution in [3.63, 3.8) is 0 Å². The molecule has 0 radical (unpaired) electrons. The van der Waals surface area contributed by atoms with Gasteiger partial charge >= 0.3 is 5.63 Å². The molecule has 1 aliphatic heterocycles. The summed E-state index contributed by atoms with van der Waals surface area (Å²) in [5.41, 5.74) is 8.43. The van der Waals surface area contributed by atoms with Crippen molar-refractivity contribution in [1.82, 2.24) is 4.90 Å². The van der Waals surface area contributed by atoms with Crippen LogP contribution in [0, 0.1) is 6.92 Å². The van der Waals surface area contributed by atoms with Crippen LogP contribution in [-0.2, 0) is 6.54 Å². The van der Waals surface area contributed by atoms with Gasteiger partial charge < -0.3 is 10.2 Å². The van der Waals surface area contributed by atoms with Crippen molar-refractivity contribution in [1.29, 1.82) is 0 Å². The Labute approximate surface area is 111 Å². The third kappa shape index (κ3) is 2.55. The van der Waals surface area contributed by atoms with E-state index in [0.29, 0.717) is 5.58 Å². The van der Waals surface area contributed by atoms with E-state index in [0.717, 1.165) is 42.6 Å². The molecule has 19 heavy (non-hydrogen) atoms. The molecule has 2 aromatic rings. The average molecular weight is 258 g/mol. The van der Waals surface area contributed by atoms with E-state index in [9.17, 15) is 4.79 Å². The predicted octanol–water partition coefficient (Wildman–Crippen LogP) is 1.63. The number of rotatable bonds is 2. The summed E-state index contributed by atoms with van der Waals surface area (Å²) in [4.78, 5) is 13.9. The van der Waals surface area contributed by atoms with Crippen LogP contribution in [0.2, 0.25) is 0 Å². The quantitative estimate of drug-likeness (QED) is 0.832. The molecule has 1 atom stereocenters. The molecule has 0 saturated carbocycles. The van der Waals surface area contributed by atoms with Crippen molar-refractivity contribution < 1.29 is 4.42 Å². The fraction of sp³-hybridized carbons (Fsp3) is 0.400. The van der Waals surface area contributed by atoms with Gasteiger partial charge in [0, 0.05) is 37.1 Å². The normalized spacial score (nSPS) is 20.2. The highest BCUT2D eigenvalue weighted by Crippen LogP contribution is 2.21. The van der Waals surface area contributed by atoms with Gasteiger partial charge in [0.1, 0.15) is 5.58 Å². The lowest BCUT2D eigenvalue weighted by molar-refractivity contribution is 0.327. The zero-order valence-corrected chi connectivity index (χ0v) is 11.1. The summed E-state index contributed by atoms with van der Waals surface area (Å²) < 4.78 is 5.27. The second kappa shape index (κ2) is 4.79. The number of nitrogens with zero attached hydrogens (tertiary/aromatic N) is 1. The molecule has 1 aromatic heterocycles. The standard InChI is InChI=1S/C15H18N2O2/c1-10-2-3-13-11(7-15(18)19-14(13)6-10)8-17-5-4-12(16)9-17/h2-3,6-7,12H,4-5,8-9,16H2,1H3/t12-/m0/s1. The van der Waals surface area contributed by atoms with Crippen molar-refractivity contribution >= 4 is 11.0 Å². The molecule has 3 rings (SSSR count). The summed E-state index contributed by atoms with van der Waals surface area (Å²) in [6, 6.07) is 7.84. The Hall–Kier alpha value is -1.65. The van der Waals surface area contributed by atoms with Crippen LogP contribution in [0.1, 0.15) is 17.5 Å². The largest absolute Gasteiger partial charge is 0.423 e. The van der Waals surface area contributed by atoms with Crippen LogP contribution < -0.4 is 11.4 Å². The third-order valence-electron chi connectivity index (χ3n) is 3.69. The minimum absolute atomic E-state index is 0.258. The molecule has 0 amide bonds. The highest BCUT2D eigenvalue weighted by Gasteiger charge is 2.20. The molecule has 2 heterocycles. The molecule has 1 fully saturated rings. The Morgan fingerprint density at radius 3 is 3.00 bits per heavy atom. The zero-order valence-electron chi connectivity index (χ0n) is 11.1. The Bertz CT molecular complexity index is 663. The molecule has 4 nitrogen and oxygen atoms in total. The van der Waals surface area contributed by atoms with Gasteiger partial charge in [0.2, 0.25) is 0 Å². The maximum Gasteiger partial charge on any atom is 0.336 e. The van der Waals surface area contributed by atoms with Gasteiger partial charge in [-0.1, -0.05) is 12.1 Å². The van der Waals surface area contributed by atoms with Crippen LogP contribution in [0.25, 0.3) is 11.0 Å². The van der Waals surface area contributed by atoms with Gasteiger partial charge in [-0.05, 0) is 30.5 Å². The summed E-state index contributed by atoms with van der Waals surface area (Å²) in [5, 5.41) is 1.02. The van der Waals surface area contributed by atoms with Crippen molar-refractivity contribution in [3.05, 3.63) is 45.8 Å². The van der Waals surface area contributed by atoms with Gasteiger partial charge in [-0.2, -0.15) is 0 Å². The predicted molar refractivity (Wildman–Crippen MR) is 75.1 cm³/mol. The number of benzene rings is 1. The van der Waals surface area contributed by atoms with Crippen LogP contribution in [0.5, 0.6) is 0 Å². The van der Waals surface area contributed by atoms with E-state index in [1.807, 2.05) is 25.1 Å². The van der Waals surface area contributed by atoms with E-state index < -0.39 is 0 Å². The second-order valence-electron chi connectivity index (χ2n) is 5.37. The maximum absolute atomic E-state index is 11.6. The zero-order chi connectivity index (χ0) is 13.4. The fourth-order valence-corrected chi connectivity index (χ4v) is 2.72. The summed E-state index contributed by atoms with van der Waals surface area (Å²) in [5.74, 6) is 0. The van der Waals surface area contributed by atoms with Gasteiger partial charge in [-0.3, -0.25) is 4.90 Å². The number of fused-ring (bicyclic) bond motifs is 1. The van der Waals surface area contributed by atoms with Crippen LogP contribution in [0.4, 0.5) is 0 Å². The first-order valence-corrected chi connectivity index (χ1v) is 6.63. The molecular weight excluding hydrogens is 240 g/mol. The molecule has 1 aliphatic rings. The molecule has 0 spiro atoms. The Kier molecular flexibility index (Phi) is 3.12. The lowest BCUT2D eigenvalue weighted by Crippen LogP contribution is -2.26. The van der Waals surface area contributed by atoms with Gasteiger partial charge in [0.25, 0.3) is 0 Å². The Morgan fingerprint density at radius 1 is 1.42 bits per heavy atom. The van der Waals surface area contributed by atoms with Crippen molar-refractivity contribution in [2.45, 2.75) is 25.9 Å². The molecule has 100 valence electrons. The molecule has 0 aliphatic carbocycles. The molecule has 4 heteroatoms. The van der Waals surface area contributed by atoms with E-state index in [4.69, 9.17) is 10.2 Å². The monoisotopic (exact) mass is 258 g/mol.